The van der Waals surface area contributed by atoms with E-state index in [1.807, 2.05) is 37.1 Å². The van der Waals surface area contributed by atoms with Gasteiger partial charge in [-0.3, -0.25) is 4.99 Å². The molecule has 1 aliphatic rings. The van der Waals surface area contributed by atoms with E-state index in [0.29, 0.717) is 0 Å². The molecule has 0 spiro atoms. The number of guanidine groups is 1. The highest BCUT2D eigenvalue weighted by atomic mass is 32.1. The van der Waals surface area contributed by atoms with Gasteiger partial charge in [0.1, 0.15) is 0 Å². The highest BCUT2D eigenvalue weighted by Crippen LogP contribution is 2.41. The van der Waals surface area contributed by atoms with E-state index < -0.39 is 0 Å². The molecular formula is C19H29N5S. The minimum Gasteiger partial charge on any atom is -0.356 e. The standard InChI is InChI=1S/C19H29N5S/c1-20-18(22-10-6-12-24-13-11-21-16-24)23-15-19(8-3-2-4-9-19)17-7-5-14-25-17/h5,7,11,13-14,16H,2-4,6,8-10,12,15H2,1H3,(H2,20,22,23). The molecule has 0 amide bonds. The van der Waals surface area contributed by atoms with Crippen LogP contribution in [0.2, 0.25) is 0 Å². The van der Waals surface area contributed by atoms with Crippen LogP contribution in [0.5, 0.6) is 0 Å². The molecule has 1 fully saturated rings. The van der Waals surface area contributed by atoms with Crippen LogP contribution >= 0.6 is 11.3 Å². The fourth-order valence-electron chi connectivity index (χ4n) is 3.68. The van der Waals surface area contributed by atoms with Gasteiger partial charge in [0.15, 0.2) is 5.96 Å². The van der Waals surface area contributed by atoms with Crippen molar-refractivity contribution in [3.05, 3.63) is 41.1 Å². The summed E-state index contributed by atoms with van der Waals surface area (Å²) in [6, 6.07) is 4.48. The summed E-state index contributed by atoms with van der Waals surface area (Å²) in [4.78, 5) is 9.99. The Kier molecular flexibility index (Phi) is 6.50. The van der Waals surface area contributed by atoms with Gasteiger partial charge in [0, 0.05) is 49.4 Å². The molecule has 0 unspecified atom stereocenters. The maximum absolute atomic E-state index is 4.40. The molecule has 0 saturated heterocycles. The normalized spacial score (nSPS) is 17.4. The maximum Gasteiger partial charge on any atom is 0.191 e. The fourth-order valence-corrected chi connectivity index (χ4v) is 4.67. The molecule has 0 aliphatic heterocycles. The Morgan fingerprint density at radius 1 is 1.32 bits per heavy atom. The van der Waals surface area contributed by atoms with Gasteiger partial charge in [0.25, 0.3) is 0 Å². The van der Waals surface area contributed by atoms with E-state index in [4.69, 9.17) is 0 Å². The second kappa shape index (κ2) is 9.04. The van der Waals surface area contributed by atoms with Gasteiger partial charge >= 0.3 is 0 Å². The van der Waals surface area contributed by atoms with Crippen LogP contribution in [0.25, 0.3) is 0 Å². The van der Waals surface area contributed by atoms with E-state index in [-0.39, 0.29) is 5.41 Å². The lowest BCUT2D eigenvalue weighted by atomic mass is 9.73. The number of hydrogen-bond acceptors (Lipinski definition) is 3. The number of aryl methyl sites for hydroxylation is 1. The van der Waals surface area contributed by atoms with Gasteiger partial charge in [0.05, 0.1) is 6.33 Å². The van der Waals surface area contributed by atoms with Crippen molar-refractivity contribution in [2.24, 2.45) is 4.99 Å². The molecule has 5 nitrogen and oxygen atoms in total. The number of aliphatic imine (C=N–C) groups is 1. The highest BCUT2D eigenvalue weighted by Gasteiger charge is 2.34. The summed E-state index contributed by atoms with van der Waals surface area (Å²) in [5, 5.41) is 9.23. The Morgan fingerprint density at radius 2 is 2.20 bits per heavy atom. The number of nitrogens with zero attached hydrogens (tertiary/aromatic N) is 3. The topological polar surface area (TPSA) is 54.2 Å². The molecular weight excluding hydrogens is 330 g/mol. The van der Waals surface area contributed by atoms with Gasteiger partial charge in [-0.1, -0.05) is 25.3 Å². The third-order valence-electron chi connectivity index (χ3n) is 5.12. The summed E-state index contributed by atoms with van der Waals surface area (Å²) in [5.41, 5.74) is 0.279. The number of aromatic nitrogens is 2. The van der Waals surface area contributed by atoms with Crippen LogP contribution in [0.4, 0.5) is 0 Å². The van der Waals surface area contributed by atoms with Crippen molar-refractivity contribution in [1.82, 2.24) is 20.2 Å². The molecule has 2 aromatic heterocycles. The van der Waals surface area contributed by atoms with Crippen molar-refractivity contribution >= 4 is 17.3 Å². The number of nitrogens with one attached hydrogen (secondary N) is 2. The minimum atomic E-state index is 0.279. The Bertz CT molecular complexity index is 627. The first kappa shape index (κ1) is 18.0. The minimum absolute atomic E-state index is 0.279. The first-order valence-electron chi connectivity index (χ1n) is 9.27. The van der Waals surface area contributed by atoms with Crippen LogP contribution in [0.1, 0.15) is 43.4 Å². The van der Waals surface area contributed by atoms with Gasteiger partial charge in [-0.25, -0.2) is 4.98 Å². The largest absolute Gasteiger partial charge is 0.356 e. The SMILES string of the molecule is CN=C(NCCCn1ccnc1)NCC1(c2cccs2)CCCCC1. The lowest BCUT2D eigenvalue weighted by Gasteiger charge is -2.37. The Hall–Kier alpha value is -1.82. The van der Waals surface area contributed by atoms with E-state index in [9.17, 15) is 0 Å². The average Bonchev–Trinajstić information content (AvgIpc) is 3.36. The highest BCUT2D eigenvalue weighted by molar-refractivity contribution is 7.10. The molecule has 0 atom stereocenters. The van der Waals surface area contributed by atoms with Gasteiger partial charge < -0.3 is 15.2 Å². The smallest absolute Gasteiger partial charge is 0.191 e. The van der Waals surface area contributed by atoms with Gasteiger partial charge in [0.2, 0.25) is 0 Å². The van der Waals surface area contributed by atoms with Crippen molar-refractivity contribution in [3.63, 3.8) is 0 Å². The summed E-state index contributed by atoms with van der Waals surface area (Å²) in [6.45, 7) is 2.85. The quantitative estimate of drug-likeness (QED) is 0.452. The van der Waals surface area contributed by atoms with Crippen LogP contribution in [0, 0.1) is 0 Å². The lowest BCUT2D eigenvalue weighted by molar-refractivity contribution is 0.296. The summed E-state index contributed by atoms with van der Waals surface area (Å²) in [7, 11) is 1.85. The van der Waals surface area contributed by atoms with Gasteiger partial charge in [-0.05, 0) is 30.7 Å². The molecule has 2 N–H and O–H groups in total. The van der Waals surface area contributed by atoms with Crippen molar-refractivity contribution in [2.75, 3.05) is 20.1 Å². The molecule has 25 heavy (non-hydrogen) atoms. The van der Waals surface area contributed by atoms with E-state index in [0.717, 1.165) is 32.0 Å². The molecule has 2 heterocycles. The van der Waals surface area contributed by atoms with Gasteiger partial charge in [-0.2, -0.15) is 0 Å². The predicted molar refractivity (Wildman–Crippen MR) is 105 cm³/mol. The number of rotatable bonds is 7. The van der Waals surface area contributed by atoms with E-state index in [1.54, 1.807) is 0 Å². The average molecular weight is 360 g/mol. The van der Waals surface area contributed by atoms with Crippen LogP contribution in [-0.2, 0) is 12.0 Å². The maximum atomic E-state index is 4.40. The lowest BCUT2D eigenvalue weighted by Crippen LogP contribution is -2.46. The Balaban J connectivity index is 1.49. The van der Waals surface area contributed by atoms with Crippen molar-refractivity contribution < 1.29 is 0 Å². The van der Waals surface area contributed by atoms with Crippen molar-refractivity contribution in [2.45, 2.75) is 50.5 Å². The van der Waals surface area contributed by atoms with Crippen LogP contribution in [-0.4, -0.2) is 35.6 Å². The molecule has 1 saturated carbocycles. The van der Waals surface area contributed by atoms with E-state index in [2.05, 4.69) is 42.7 Å². The molecule has 136 valence electrons. The Morgan fingerprint density at radius 3 is 2.88 bits per heavy atom. The third kappa shape index (κ3) is 4.84. The summed E-state index contributed by atoms with van der Waals surface area (Å²) in [5.74, 6) is 0.909. The second-order valence-electron chi connectivity index (χ2n) is 6.82. The number of thiophene rings is 1. The van der Waals surface area contributed by atoms with E-state index >= 15 is 0 Å². The third-order valence-corrected chi connectivity index (χ3v) is 6.23. The molecule has 0 aromatic carbocycles. The fraction of sp³-hybridized carbons (Fsp3) is 0.579. The monoisotopic (exact) mass is 359 g/mol. The first-order valence-corrected chi connectivity index (χ1v) is 10.1. The van der Waals surface area contributed by atoms with E-state index in [1.165, 1.54) is 37.0 Å². The zero-order chi connectivity index (χ0) is 17.4. The number of imidazole rings is 1. The van der Waals surface area contributed by atoms with Crippen LogP contribution in [0.3, 0.4) is 0 Å². The molecule has 6 heteroatoms. The summed E-state index contributed by atoms with van der Waals surface area (Å²) < 4.78 is 2.10. The van der Waals surface area contributed by atoms with Gasteiger partial charge in [-0.15, -0.1) is 11.3 Å². The zero-order valence-electron chi connectivity index (χ0n) is 15.1. The summed E-state index contributed by atoms with van der Waals surface area (Å²) in [6.07, 6.45) is 13.3. The summed E-state index contributed by atoms with van der Waals surface area (Å²) >= 11 is 1.90. The first-order chi connectivity index (χ1) is 12.3. The molecule has 0 radical (unpaired) electrons. The van der Waals surface area contributed by atoms with Crippen LogP contribution < -0.4 is 10.6 Å². The van der Waals surface area contributed by atoms with Crippen molar-refractivity contribution in [3.8, 4) is 0 Å². The number of hydrogen-bond donors (Lipinski definition) is 2. The molecule has 3 rings (SSSR count). The second-order valence-corrected chi connectivity index (χ2v) is 7.77. The molecule has 2 aromatic rings. The van der Waals surface area contributed by atoms with Crippen LogP contribution in [0.15, 0.2) is 41.2 Å². The van der Waals surface area contributed by atoms with Crippen molar-refractivity contribution in [1.29, 1.82) is 0 Å². The Labute approximate surface area is 154 Å². The zero-order valence-corrected chi connectivity index (χ0v) is 15.9. The molecule has 0 bridgehead atoms. The predicted octanol–water partition coefficient (Wildman–Crippen LogP) is 3.40. The molecule has 1 aliphatic carbocycles.